The summed E-state index contributed by atoms with van der Waals surface area (Å²) in [6.07, 6.45) is 1.40. The third kappa shape index (κ3) is 3.61. The van der Waals surface area contributed by atoms with Crippen molar-refractivity contribution in [1.82, 2.24) is 0 Å². The third-order valence-corrected chi connectivity index (χ3v) is 3.76. The van der Waals surface area contributed by atoms with Crippen LogP contribution in [0.15, 0.2) is 48.5 Å². The number of rotatable bonds is 6. The highest BCUT2D eigenvalue weighted by atomic mass is 19.1. The van der Waals surface area contributed by atoms with E-state index in [1.165, 1.54) is 6.07 Å². The average Bonchev–Trinajstić information content (AvgIpc) is 2.52. The van der Waals surface area contributed by atoms with Crippen molar-refractivity contribution in [2.75, 3.05) is 11.4 Å². The zero-order chi connectivity index (χ0) is 15.2. The van der Waals surface area contributed by atoms with Gasteiger partial charge in [0.2, 0.25) is 0 Å². The second-order valence-corrected chi connectivity index (χ2v) is 5.19. The van der Waals surface area contributed by atoms with Gasteiger partial charge in [0.1, 0.15) is 5.82 Å². The van der Waals surface area contributed by atoms with Crippen LogP contribution < -0.4 is 10.6 Å². The molecule has 2 aromatic carbocycles. The summed E-state index contributed by atoms with van der Waals surface area (Å²) >= 11 is 0. The normalized spacial score (nSPS) is 12.2. The van der Waals surface area contributed by atoms with Crippen molar-refractivity contribution < 1.29 is 4.39 Å². The summed E-state index contributed by atoms with van der Waals surface area (Å²) in [6, 6.07) is 15.3. The first-order valence-electron chi connectivity index (χ1n) is 7.52. The van der Waals surface area contributed by atoms with Crippen LogP contribution in [0.2, 0.25) is 0 Å². The summed E-state index contributed by atoms with van der Waals surface area (Å²) in [6.45, 7) is 4.88. The number of halogens is 1. The molecular weight excluding hydrogens is 263 g/mol. The Kier molecular flexibility index (Phi) is 5.34. The molecule has 0 spiro atoms. The molecule has 0 saturated heterocycles. The topological polar surface area (TPSA) is 29.3 Å². The van der Waals surface area contributed by atoms with Gasteiger partial charge in [0.15, 0.2) is 0 Å². The van der Waals surface area contributed by atoms with Gasteiger partial charge in [0.05, 0.1) is 0 Å². The van der Waals surface area contributed by atoms with E-state index in [0.29, 0.717) is 12.0 Å². The Morgan fingerprint density at radius 2 is 1.76 bits per heavy atom. The molecule has 112 valence electrons. The lowest BCUT2D eigenvalue weighted by molar-refractivity contribution is 0.578. The molecule has 0 aromatic heterocycles. The minimum atomic E-state index is -0.175. The van der Waals surface area contributed by atoms with Crippen LogP contribution in [-0.4, -0.2) is 12.6 Å². The van der Waals surface area contributed by atoms with Crippen LogP contribution in [-0.2, 0) is 6.42 Å². The van der Waals surface area contributed by atoms with Gasteiger partial charge < -0.3 is 10.6 Å². The van der Waals surface area contributed by atoms with Crippen molar-refractivity contribution in [1.29, 1.82) is 0 Å². The monoisotopic (exact) mass is 286 g/mol. The number of hydrogen-bond donors (Lipinski definition) is 1. The predicted octanol–water partition coefficient (Wildman–Crippen LogP) is 4.26. The molecule has 21 heavy (non-hydrogen) atoms. The molecule has 0 aliphatic rings. The van der Waals surface area contributed by atoms with Crippen molar-refractivity contribution in [3.8, 4) is 0 Å². The summed E-state index contributed by atoms with van der Waals surface area (Å²) in [5.74, 6) is -0.175. The van der Waals surface area contributed by atoms with Gasteiger partial charge in [-0.2, -0.15) is 0 Å². The number of anilines is 2. The molecule has 2 N–H and O–H groups in total. The van der Waals surface area contributed by atoms with E-state index in [1.54, 1.807) is 6.07 Å². The van der Waals surface area contributed by atoms with Crippen LogP contribution in [0.5, 0.6) is 0 Å². The molecule has 0 aliphatic heterocycles. The maximum Gasteiger partial charge on any atom is 0.128 e. The smallest absolute Gasteiger partial charge is 0.128 e. The Morgan fingerprint density at radius 3 is 2.38 bits per heavy atom. The van der Waals surface area contributed by atoms with Gasteiger partial charge in [-0.3, -0.25) is 0 Å². The number of hydrogen-bond acceptors (Lipinski definition) is 2. The van der Waals surface area contributed by atoms with E-state index < -0.39 is 0 Å². The average molecular weight is 286 g/mol. The molecule has 2 rings (SSSR count). The fraction of sp³-hybridized carbons (Fsp3) is 0.333. The first-order valence-corrected chi connectivity index (χ1v) is 7.52. The Morgan fingerprint density at radius 1 is 1.05 bits per heavy atom. The Bertz CT molecular complexity index is 569. The minimum absolute atomic E-state index is 0.0184. The van der Waals surface area contributed by atoms with Crippen LogP contribution in [0.4, 0.5) is 15.8 Å². The maximum atomic E-state index is 14.3. The van der Waals surface area contributed by atoms with E-state index >= 15 is 0 Å². The lowest BCUT2D eigenvalue weighted by Crippen LogP contribution is -2.25. The quantitative estimate of drug-likeness (QED) is 0.859. The summed E-state index contributed by atoms with van der Waals surface area (Å²) in [5, 5.41) is 0. The maximum absolute atomic E-state index is 14.3. The van der Waals surface area contributed by atoms with Crippen molar-refractivity contribution in [3.63, 3.8) is 0 Å². The van der Waals surface area contributed by atoms with E-state index in [9.17, 15) is 4.39 Å². The molecule has 0 radical (unpaired) electrons. The van der Waals surface area contributed by atoms with E-state index in [-0.39, 0.29) is 11.9 Å². The molecule has 2 nitrogen and oxygen atoms in total. The Labute approximate surface area is 126 Å². The largest absolute Gasteiger partial charge is 0.341 e. The van der Waals surface area contributed by atoms with Crippen LogP contribution in [0.3, 0.4) is 0 Å². The molecule has 0 bridgehead atoms. The Balaban J connectivity index is 2.44. The molecule has 0 saturated carbocycles. The first-order chi connectivity index (χ1) is 10.2. The summed E-state index contributed by atoms with van der Waals surface area (Å²) in [4.78, 5) is 2.13. The summed E-state index contributed by atoms with van der Waals surface area (Å²) < 4.78 is 14.3. The Hall–Kier alpha value is -1.87. The lowest BCUT2D eigenvalue weighted by Gasteiger charge is -2.27. The van der Waals surface area contributed by atoms with Crippen molar-refractivity contribution in [2.45, 2.75) is 32.7 Å². The van der Waals surface area contributed by atoms with Crippen LogP contribution in [0, 0.1) is 5.82 Å². The van der Waals surface area contributed by atoms with Gasteiger partial charge in [-0.25, -0.2) is 4.39 Å². The van der Waals surface area contributed by atoms with Gasteiger partial charge in [-0.15, -0.1) is 0 Å². The van der Waals surface area contributed by atoms with Crippen LogP contribution in [0.25, 0.3) is 0 Å². The van der Waals surface area contributed by atoms with Gasteiger partial charge in [-0.1, -0.05) is 31.2 Å². The number of nitrogens with zero attached hydrogens (tertiary/aromatic N) is 1. The van der Waals surface area contributed by atoms with Crippen LogP contribution in [0.1, 0.15) is 25.8 Å². The van der Waals surface area contributed by atoms with Gasteiger partial charge >= 0.3 is 0 Å². The minimum Gasteiger partial charge on any atom is -0.341 e. The van der Waals surface area contributed by atoms with Gasteiger partial charge in [0.25, 0.3) is 0 Å². The fourth-order valence-corrected chi connectivity index (χ4v) is 2.51. The first kappa shape index (κ1) is 15.5. The van der Waals surface area contributed by atoms with Crippen molar-refractivity contribution >= 4 is 11.4 Å². The molecule has 1 unspecified atom stereocenters. The highest BCUT2D eigenvalue weighted by molar-refractivity contribution is 5.66. The highest BCUT2D eigenvalue weighted by Gasteiger charge is 2.16. The second-order valence-electron chi connectivity index (χ2n) is 5.19. The van der Waals surface area contributed by atoms with E-state index in [4.69, 9.17) is 5.73 Å². The van der Waals surface area contributed by atoms with E-state index in [0.717, 1.165) is 24.3 Å². The molecule has 0 heterocycles. The summed E-state index contributed by atoms with van der Waals surface area (Å²) in [7, 11) is 0. The number of para-hydroxylation sites is 1. The van der Waals surface area contributed by atoms with Gasteiger partial charge in [0, 0.05) is 29.5 Å². The molecule has 0 fully saturated rings. The second kappa shape index (κ2) is 7.23. The van der Waals surface area contributed by atoms with E-state index in [1.807, 2.05) is 43.3 Å². The standard InChI is InChI=1S/C18H23FN2/c1-3-14(20)13-16-17(19)11-8-12-18(16)21(4-2)15-9-6-5-7-10-15/h5-12,14H,3-4,13,20H2,1-2H3. The van der Waals surface area contributed by atoms with Gasteiger partial charge in [-0.05, 0) is 44.0 Å². The molecule has 0 aliphatic carbocycles. The third-order valence-electron chi connectivity index (χ3n) is 3.76. The van der Waals surface area contributed by atoms with Crippen LogP contribution >= 0.6 is 0 Å². The SMILES string of the molecule is CCC(N)Cc1c(F)cccc1N(CC)c1ccccc1. The fourth-order valence-electron chi connectivity index (χ4n) is 2.51. The lowest BCUT2D eigenvalue weighted by atomic mass is 10.0. The molecule has 1 atom stereocenters. The molecule has 3 heteroatoms. The number of benzene rings is 2. The van der Waals surface area contributed by atoms with E-state index in [2.05, 4.69) is 11.8 Å². The highest BCUT2D eigenvalue weighted by Crippen LogP contribution is 2.30. The molecule has 0 amide bonds. The summed E-state index contributed by atoms with van der Waals surface area (Å²) in [5.41, 5.74) is 8.72. The zero-order valence-corrected chi connectivity index (χ0v) is 12.7. The predicted molar refractivity (Wildman–Crippen MR) is 87.5 cm³/mol. The van der Waals surface area contributed by atoms with Crippen molar-refractivity contribution in [2.24, 2.45) is 5.73 Å². The molecular formula is C18H23FN2. The molecule has 2 aromatic rings. The number of nitrogens with two attached hydrogens (primary N) is 1. The van der Waals surface area contributed by atoms with Crippen molar-refractivity contribution in [3.05, 3.63) is 59.9 Å². The zero-order valence-electron chi connectivity index (χ0n) is 12.7.